The number of aliphatic hydroxyl groups excluding tert-OH is 8. The third-order valence-electron chi connectivity index (χ3n) is 13.3. The van der Waals surface area contributed by atoms with Crippen LogP contribution in [-0.2, 0) is 9.47 Å². The van der Waals surface area contributed by atoms with Crippen LogP contribution < -0.4 is 21.0 Å². The summed E-state index contributed by atoms with van der Waals surface area (Å²) >= 11 is 0. The second-order valence-electron chi connectivity index (χ2n) is 18.4. The van der Waals surface area contributed by atoms with Crippen LogP contribution in [0.3, 0.4) is 0 Å². The maximum Gasteiger partial charge on any atom is 0.229 e. The lowest BCUT2D eigenvalue weighted by molar-refractivity contribution is -0.277. The van der Waals surface area contributed by atoms with Crippen molar-refractivity contribution in [1.29, 1.82) is 0 Å². The Morgan fingerprint density at radius 2 is 0.835 bits per heavy atom. The van der Waals surface area contributed by atoms with E-state index >= 15 is 0 Å². The van der Waals surface area contributed by atoms with Gasteiger partial charge in [0.05, 0.1) is 51.6 Å². The standard InChI is InChI=1S/2C21H20O9.C15H10O4/c22-8-16-18(25)19(26)20(27)21(30-16)29-12-5-6-13-15(7-12)28-9-14(17(13)24)10-1-3-11(23)4-2-10;22-7-14-17(26)18(27)19(28)21(30-14)15-13(24)6-5-11-16(25)12(8-29-20(11)15)9-1-3-10(23)4-2-9;16-10-3-1-9(2-4-10)13-8-19-14-7-11(17)5-6-12(14)15(13)18/h1-7,9,16,18-23,25-27H,8H2;1-6,8,14,17-19,21-24,26-28H,7H2;1-8,16-17H/t16-,18-,19+,20-,21-;14-,17-,18+,19-,21+;/m11./s1. The number of benzene rings is 6. The monoisotopic (exact) mass is 1090 g/mol. The maximum atomic E-state index is 13.0. The van der Waals surface area contributed by atoms with Crippen LogP contribution in [0.5, 0.6) is 34.5 Å². The Hall–Kier alpha value is -8.65. The third kappa shape index (κ3) is 11.2. The fourth-order valence-electron chi connectivity index (χ4n) is 8.94. The lowest BCUT2D eigenvalue weighted by Crippen LogP contribution is -2.60. The third-order valence-corrected chi connectivity index (χ3v) is 13.3. The molecule has 6 aromatic carbocycles. The molecule has 0 radical (unpaired) electrons. The van der Waals surface area contributed by atoms with Crippen LogP contribution in [0, 0.1) is 0 Å². The largest absolute Gasteiger partial charge is 0.508 e. The van der Waals surface area contributed by atoms with E-state index in [2.05, 4.69) is 0 Å². The van der Waals surface area contributed by atoms with Gasteiger partial charge < -0.3 is 93.8 Å². The van der Waals surface area contributed by atoms with Crippen molar-refractivity contribution in [2.75, 3.05) is 13.2 Å². The molecule has 22 nitrogen and oxygen atoms in total. The molecule has 2 aliphatic rings. The van der Waals surface area contributed by atoms with Crippen molar-refractivity contribution in [3.63, 3.8) is 0 Å². The fourth-order valence-corrected chi connectivity index (χ4v) is 8.94. The van der Waals surface area contributed by atoms with E-state index in [0.717, 1.165) is 0 Å². The zero-order valence-corrected chi connectivity index (χ0v) is 41.0. The van der Waals surface area contributed by atoms with Crippen molar-refractivity contribution in [3.8, 4) is 67.9 Å². The summed E-state index contributed by atoms with van der Waals surface area (Å²) < 4.78 is 32.9. The SMILES string of the molecule is O=c1c(-c2ccc(O)cc2)coc2c([C@@H]3O[C@H](CO)[C@@H](O)[C@H](O)[C@H]3O)c(O)ccc12.O=c1c(-c2ccc(O)cc2)coc2cc(O)ccc12.O=c1c(-c2ccc(O)cc2)coc2cc(O[C@@H]3O[C@H](CO)[C@@H](O)[C@H](O)[C@H]3O)ccc12. The molecule has 3 aromatic heterocycles. The molecule has 410 valence electrons. The van der Waals surface area contributed by atoms with Crippen LogP contribution >= 0.6 is 0 Å². The molecule has 0 bridgehead atoms. The van der Waals surface area contributed by atoms with Gasteiger partial charge in [0.25, 0.3) is 0 Å². The number of hydrogen-bond acceptors (Lipinski definition) is 22. The molecule has 11 rings (SSSR count). The van der Waals surface area contributed by atoms with Gasteiger partial charge in [-0.2, -0.15) is 0 Å². The van der Waals surface area contributed by atoms with Crippen LogP contribution in [0.15, 0.2) is 168 Å². The molecule has 22 heteroatoms. The Kier molecular flexibility index (Phi) is 16.1. The van der Waals surface area contributed by atoms with Crippen molar-refractivity contribution in [2.45, 2.75) is 61.2 Å². The Balaban J connectivity index is 0.000000148. The summed E-state index contributed by atoms with van der Waals surface area (Å²) in [5.74, 6) is 0.143. The first kappa shape index (κ1) is 55.1. The van der Waals surface area contributed by atoms with Crippen LogP contribution in [0.2, 0.25) is 0 Å². The minimum Gasteiger partial charge on any atom is -0.508 e. The molecule has 5 heterocycles. The first-order valence-electron chi connectivity index (χ1n) is 24.1. The number of fused-ring (bicyclic) bond motifs is 3. The summed E-state index contributed by atoms with van der Waals surface area (Å²) in [5.41, 5.74) is 2.26. The van der Waals surface area contributed by atoms with E-state index in [1.807, 2.05) is 0 Å². The van der Waals surface area contributed by atoms with Crippen molar-refractivity contribution in [3.05, 3.63) is 176 Å². The highest BCUT2D eigenvalue weighted by Gasteiger charge is 2.46. The maximum absolute atomic E-state index is 13.0. The summed E-state index contributed by atoms with van der Waals surface area (Å²) in [4.78, 5) is 38.2. The zero-order valence-electron chi connectivity index (χ0n) is 41.0. The van der Waals surface area contributed by atoms with E-state index < -0.39 is 79.9 Å². The van der Waals surface area contributed by atoms with E-state index in [0.29, 0.717) is 44.2 Å². The predicted molar refractivity (Wildman–Crippen MR) is 279 cm³/mol. The number of rotatable bonds is 8. The molecule has 0 aliphatic carbocycles. The molecule has 10 atom stereocenters. The molecule has 0 amide bonds. The number of aromatic hydroxyl groups is 5. The molecule has 13 N–H and O–H groups in total. The van der Waals surface area contributed by atoms with Crippen LogP contribution in [0.1, 0.15) is 11.7 Å². The zero-order chi connectivity index (χ0) is 56.4. The van der Waals surface area contributed by atoms with E-state index in [9.17, 15) is 80.8 Å². The Morgan fingerprint density at radius 1 is 0.418 bits per heavy atom. The smallest absolute Gasteiger partial charge is 0.229 e. The second kappa shape index (κ2) is 23.1. The molecule has 2 fully saturated rings. The second-order valence-corrected chi connectivity index (χ2v) is 18.4. The quantitative estimate of drug-likeness (QED) is 0.103. The van der Waals surface area contributed by atoms with E-state index in [1.54, 1.807) is 36.4 Å². The van der Waals surface area contributed by atoms with Crippen LogP contribution in [0.4, 0.5) is 0 Å². The first-order chi connectivity index (χ1) is 37.9. The Labute approximate surface area is 444 Å². The summed E-state index contributed by atoms with van der Waals surface area (Å²) in [5, 5.41) is 128. The first-order valence-corrected chi connectivity index (χ1v) is 24.1. The highest BCUT2D eigenvalue weighted by Crippen LogP contribution is 2.41. The van der Waals surface area contributed by atoms with Gasteiger partial charge in [-0.15, -0.1) is 0 Å². The number of aliphatic hydroxyl groups is 8. The molecular formula is C57H50O22. The van der Waals surface area contributed by atoms with Gasteiger partial charge in [-0.25, -0.2) is 0 Å². The molecular weight excluding hydrogens is 1040 g/mol. The van der Waals surface area contributed by atoms with Crippen molar-refractivity contribution < 1.29 is 93.8 Å². The van der Waals surface area contributed by atoms with Gasteiger partial charge in [-0.1, -0.05) is 36.4 Å². The van der Waals surface area contributed by atoms with E-state index in [4.69, 9.17) is 27.5 Å². The summed E-state index contributed by atoms with van der Waals surface area (Å²) in [7, 11) is 0. The molecule has 2 saturated heterocycles. The average Bonchev–Trinajstić information content (AvgIpc) is 3.62. The fraction of sp³-hybridized carbons (Fsp3) is 0.211. The number of hydrogen-bond donors (Lipinski definition) is 13. The molecule has 9 aromatic rings. The number of ether oxygens (including phenoxy) is 3. The number of phenols is 5. The summed E-state index contributed by atoms with van der Waals surface area (Å²) in [6.07, 6.45) is -10.6. The van der Waals surface area contributed by atoms with Gasteiger partial charge in [-0.05, 0) is 89.5 Å². The van der Waals surface area contributed by atoms with Crippen molar-refractivity contribution in [2.24, 2.45) is 0 Å². The lowest BCUT2D eigenvalue weighted by Gasteiger charge is -2.40. The van der Waals surface area contributed by atoms with Gasteiger partial charge in [0.15, 0.2) is 10.9 Å². The highest BCUT2D eigenvalue weighted by atomic mass is 16.7. The Morgan fingerprint density at radius 3 is 1.34 bits per heavy atom. The van der Waals surface area contributed by atoms with E-state index in [1.165, 1.54) is 104 Å². The Bertz CT molecular complexity index is 3800. The van der Waals surface area contributed by atoms with Gasteiger partial charge >= 0.3 is 0 Å². The van der Waals surface area contributed by atoms with Gasteiger partial charge in [0, 0.05) is 12.1 Å². The average molecular weight is 1090 g/mol. The van der Waals surface area contributed by atoms with Crippen molar-refractivity contribution in [1.82, 2.24) is 0 Å². The molecule has 79 heavy (non-hydrogen) atoms. The minimum absolute atomic E-state index is 0.0405. The van der Waals surface area contributed by atoms with E-state index in [-0.39, 0.29) is 73.0 Å². The highest BCUT2D eigenvalue weighted by molar-refractivity contribution is 5.87. The van der Waals surface area contributed by atoms with Gasteiger partial charge in [0.1, 0.15) is 125 Å². The number of phenolic OH excluding ortho intramolecular Hbond substituents is 5. The molecule has 0 saturated carbocycles. The molecule has 0 spiro atoms. The summed E-state index contributed by atoms with van der Waals surface area (Å²) in [6.45, 7) is -1.21. The molecule has 2 aliphatic heterocycles. The normalized spacial score (nSPS) is 22.8. The lowest BCUT2D eigenvalue weighted by atomic mass is 9.89. The molecule has 0 unspecified atom stereocenters. The van der Waals surface area contributed by atoms with Crippen molar-refractivity contribution >= 4 is 32.9 Å². The minimum atomic E-state index is -1.65. The van der Waals surface area contributed by atoms with Crippen LogP contribution in [0.25, 0.3) is 66.3 Å². The van der Waals surface area contributed by atoms with Gasteiger partial charge in [-0.3, -0.25) is 14.4 Å². The topological polar surface area (TPSA) is 381 Å². The van der Waals surface area contributed by atoms with Gasteiger partial charge in [0.2, 0.25) is 11.7 Å². The van der Waals surface area contributed by atoms with Crippen LogP contribution in [-0.4, -0.2) is 135 Å². The summed E-state index contributed by atoms with van der Waals surface area (Å²) in [6, 6.07) is 29.8. The predicted octanol–water partition coefficient (Wildman–Crippen LogP) is 3.60.